The summed E-state index contributed by atoms with van der Waals surface area (Å²) in [5, 5.41) is 13.6. The number of aliphatic carboxylic acids is 1. The number of carboxylic acids is 1. The number of amides is 1. The van der Waals surface area contributed by atoms with Gasteiger partial charge in [0.15, 0.2) is 5.78 Å². The van der Waals surface area contributed by atoms with Crippen molar-refractivity contribution in [2.45, 2.75) is 45.6 Å². The summed E-state index contributed by atoms with van der Waals surface area (Å²) < 4.78 is 0. The Hall–Kier alpha value is -2.47. The van der Waals surface area contributed by atoms with Crippen molar-refractivity contribution in [1.82, 2.24) is 5.32 Å². The maximum atomic E-state index is 12.5. The summed E-state index contributed by atoms with van der Waals surface area (Å²) in [5.74, 6) is -1.49. The molecule has 2 N–H and O–H groups in total. The number of carbonyl (C=O) groups is 3. The fourth-order valence-corrected chi connectivity index (χ4v) is 3.36. The topological polar surface area (TPSA) is 83.5 Å². The summed E-state index contributed by atoms with van der Waals surface area (Å²) in [7, 11) is 0. The number of hydrogen-bond acceptors (Lipinski definition) is 4. The standard InChI is InChI=1S/C20H23NO4S/c1-12(22)14-9-17(26-11-14)19(25)21-16(10-18(23)24)13-5-7-15(8-6-13)20(2,3)4/h5-9,11,16H,10H2,1-4H3,(H,21,25)(H,23,24). The van der Waals surface area contributed by atoms with Crippen LogP contribution in [0.4, 0.5) is 0 Å². The van der Waals surface area contributed by atoms with Crippen molar-refractivity contribution >= 4 is 29.0 Å². The van der Waals surface area contributed by atoms with Crippen molar-refractivity contribution in [1.29, 1.82) is 0 Å². The molecule has 6 heteroatoms. The molecule has 0 aliphatic rings. The number of ketones is 1. The fourth-order valence-electron chi connectivity index (χ4n) is 2.51. The highest BCUT2D eigenvalue weighted by molar-refractivity contribution is 7.12. The van der Waals surface area contributed by atoms with Gasteiger partial charge in [0, 0.05) is 10.9 Å². The first kappa shape index (κ1) is 19.8. The second kappa shape index (κ2) is 7.83. The van der Waals surface area contributed by atoms with E-state index in [1.165, 1.54) is 24.3 Å². The highest BCUT2D eigenvalue weighted by Crippen LogP contribution is 2.25. The van der Waals surface area contributed by atoms with Gasteiger partial charge in [0.05, 0.1) is 17.3 Å². The maximum Gasteiger partial charge on any atom is 0.305 e. The zero-order valence-electron chi connectivity index (χ0n) is 15.3. The van der Waals surface area contributed by atoms with E-state index in [4.69, 9.17) is 0 Å². The molecule has 1 heterocycles. The van der Waals surface area contributed by atoms with E-state index in [9.17, 15) is 19.5 Å². The number of benzene rings is 1. The van der Waals surface area contributed by atoms with Crippen molar-refractivity contribution in [3.8, 4) is 0 Å². The normalized spacial score (nSPS) is 12.5. The van der Waals surface area contributed by atoms with Crippen LogP contribution in [0.1, 0.15) is 71.3 Å². The van der Waals surface area contributed by atoms with Crippen molar-refractivity contribution in [3.63, 3.8) is 0 Å². The van der Waals surface area contributed by atoms with Gasteiger partial charge in [0.2, 0.25) is 0 Å². The van der Waals surface area contributed by atoms with Crippen molar-refractivity contribution in [3.05, 3.63) is 57.3 Å². The summed E-state index contributed by atoms with van der Waals surface area (Å²) >= 11 is 1.17. The summed E-state index contributed by atoms with van der Waals surface area (Å²) in [6, 6.07) is 8.50. The van der Waals surface area contributed by atoms with Crippen LogP contribution in [0.25, 0.3) is 0 Å². The molecule has 2 rings (SSSR count). The lowest BCUT2D eigenvalue weighted by molar-refractivity contribution is -0.137. The quantitative estimate of drug-likeness (QED) is 0.744. The highest BCUT2D eigenvalue weighted by atomic mass is 32.1. The molecule has 0 radical (unpaired) electrons. The van der Waals surface area contributed by atoms with Gasteiger partial charge in [-0.05, 0) is 29.5 Å². The van der Waals surface area contributed by atoms with Crippen LogP contribution in [-0.4, -0.2) is 22.8 Å². The molecule has 2 aromatic rings. The zero-order valence-corrected chi connectivity index (χ0v) is 16.1. The summed E-state index contributed by atoms with van der Waals surface area (Å²) in [5.41, 5.74) is 2.33. The van der Waals surface area contributed by atoms with E-state index >= 15 is 0 Å². The Balaban J connectivity index is 2.22. The predicted octanol–water partition coefficient (Wildman–Crippen LogP) is 4.19. The van der Waals surface area contributed by atoms with Crippen LogP contribution in [0.5, 0.6) is 0 Å². The van der Waals surface area contributed by atoms with Gasteiger partial charge in [-0.25, -0.2) is 0 Å². The van der Waals surface area contributed by atoms with E-state index in [2.05, 4.69) is 26.1 Å². The molecule has 0 aliphatic carbocycles. The molecule has 0 aliphatic heterocycles. The number of carboxylic acid groups (broad SMARTS) is 1. The molecule has 5 nitrogen and oxygen atoms in total. The minimum atomic E-state index is -0.995. The molecule has 1 amide bonds. The lowest BCUT2D eigenvalue weighted by atomic mass is 9.86. The number of carbonyl (C=O) groups excluding carboxylic acids is 2. The van der Waals surface area contributed by atoms with Crippen LogP contribution in [0.15, 0.2) is 35.7 Å². The van der Waals surface area contributed by atoms with Gasteiger partial charge in [-0.1, -0.05) is 45.0 Å². The summed E-state index contributed by atoms with van der Waals surface area (Å²) in [4.78, 5) is 35.5. The molecule has 0 bridgehead atoms. The largest absolute Gasteiger partial charge is 0.481 e. The van der Waals surface area contributed by atoms with E-state index in [0.717, 1.165) is 11.1 Å². The molecule has 0 saturated heterocycles. The molecule has 1 aromatic heterocycles. The van der Waals surface area contributed by atoms with Crippen LogP contribution in [0, 0.1) is 0 Å². The Labute approximate surface area is 157 Å². The van der Waals surface area contributed by atoms with E-state index in [1.54, 1.807) is 5.38 Å². The average molecular weight is 373 g/mol. The average Bonchev–Trinajstić information content (AvgIpc) is 3.03. The van der Waals surface area contributed by atoms with E-state index in [-0.39, 0.29) is 23.5 Å². The van der Waals surface area contributed by atoms with Crippen LogP contribution in [0.3, 0.4) is 0 Å². The summed E-state index contributed by atoms with van der Waals surface area (Å²) in [6.07, 6.45) is -0.217. The third-order valence-corrected chi connectivity index (χ3v) is 5.02. The molecule has 1 aromatic carbocycles. The number of Topliss-reactive ketones (excluding diaryl/α,β-unsaturated/α-hetero) is 1. The minimum Gasteiger partial charge on any atom is -0.481 e. The number of rotatable bonds is 6. The predicted molar refractivity (Wildman–Crippen MR) is 102 cm³/mol. The smallest absolute Gasteiger partial charge is 0.305 e. The second-order valence-corrected chi connectivity index (χ2v) is 8.16. The fraction of sp³-hybridized carbons (Fsp3) is 0.350. The van der Waals surface area contributed by atoms with Crippen LogP contribution < -0.4 is 5.32 Å². The molecule has 0 spiro atoms. The van der Waals surface area contributed by atoms with Gasteiger partial charge in [-0.2, -0.15) is 0 Å². The van der Waals surface area contributed by atoms with Crippen molar-refractivity contribution in [2.24, 2.45) is 0 Å². The molecular formula is C20H23NO4S. The van der Waals surface area contributed by atoms with Crippen LogP contribution in [0.2, 0.25) is 0 Å². The molecule has 0 saturated carbocycles. The van der Waals surface area contributed by atoms with Crippen molar-refractivity contribution in [2.75, 3.05) is 0 Å². The Bertz CT molecular complexity index is 815. The van der Waals surface area contributed by atoms with Gasteiger partial charge < -0.3 is 10.4 Å². The lowest BCUT2D eigenvalue weighted by Crippen LogP contribution is -2.29. The van der Waals surface area contributed by atoms with E-state index < -0.39 is 12.0 Å². The summed E-state index contributed by atoms with van der Waals surface area (Å²) in [6.45, 7) is 7.74. The van der Waals surface area contributed by atoms with Gasteiger partial charge in [-0.3, -0.25) is 14.4 Å². The zero-order chi connectivity index (χ0) is 19.5. The first-order chi connectivity index (χ1) is 12.1. The first-order valence-corrected chi connectivity index (χ1v) is 9.18. The Morgan fingerprint density at radius 2 is 1.77 bits per heavy atom. The Morgan fingerprint density at radius 3 is 2.23 bits per heavy atom. The van der Waals surface area contributed by atoms with Crippen LogP contribution in [-0.2, 0) is 10.2 Å². The molecule has 1 atom stereocenters. The van der Waals surface area contributed by atoms with Crippen molar-refractivity contribution < 1.29 is 19.5 Å². The Morgan fingerprint density at radius 1 is 1.15 bits per heavy atom. The van der Waals surface area contributed by atoms with Gasteiger partial charge in [-0.15, -0.1) is 11.3 Å². The Kier molecular flexibility index (Phi) is 5.97. The highest BCUT2D eigenvalue weighted by Gasteiger charge is 2.21. The molecule has 138 valence electrons. The number of nitrogens with one attached hydrogen (secondary N) is 1. The maximum absolute atomic E-state index is 12.5. The molecular weight excluding hydrogens is 350 g/mol. The van der Waals surface area contributed by atoms with E-state index in [1.807, 2.05) is 24.3 Å². The van der Waals surface area contributed by atoms with Crippen LogP contribution >= 0.6 is 11.3 Å². The monoisotopic (exact) mass is 373 g/mol. The third kappa shape index (κ3) is 5.02. The SMILES string of the molecule is CC(=O)c1csc(C(=O)NC(CC(=O)O)c2ccc(C(C)(C)C)cc2)c1. The first-order valence-electron chi connectivity index (χ1n) is 8.30. The molecule has 26 heavy (non-hydrogen) atoms. The van der Waals surface area contributed by atoms with Gasteiger partial charge >= 0.3 is 5.97 Å². The lowest BCUT2D eigenvalue weighted by Gasteiger charge is -2.21. The molecule has 1 unspecified atom stereocenters. The third-order valence-electron chi connectivity index (χ3n) is 4.09. The number of thiophene rings is 1. The number of hydrogen-bond donors (Lipinski definition) is 2. The second-order valence-electron chi connectivity index (χ2n) is 7.25. The van der Waals surface area contributed by atoms with Gasteiger partial charge in [0.1, 0.15) is 0 Å². The van der Waals surface area contributed by atoms with E-state index in [0.29, 0.717) is 10.4 Å². The van der Waals surface area contributed by atoms with Gasteiger partial charge in [0.25, 0.3) is 5.91 Å². The molecule has 0 fully saturated rings. The minimum absolute atomic E-state index is 0.00979.